The van der Waals surface area contributed by atoms with Gasteiger partial charge in [-0.15, -0.1) is 36.4 Å². The molecule has 0 aliphatic rings. The summed E-state index contributed by atoms with van der Waals surface area (Å²) >= 11 is 10.5. The van der Waals surface area contributed by atoms with Crippen molar-refractivity contribution in [3.8, 4) is 0 Å². The lowest BCUT2D eigenvalue weighted by atomic mass is 10.3. The molecule has 86 valence electrons. The van der Waals surface area contributed by atoms with Gasteiger partial charge in [0.05, 0.1) is 6.10 Å². The van der Waals surface area contributed by atoms with E-state index in [1.807, 2.05) is 12.2 Å². The first-order valence-electron chi connectivity index (χ1n) is 4.24. The number of unbranched alkanes of at least 4 members (excludes halogenated alkanes) is 1. The third kappa shape index (κ3) is 22.7. The molecule has 0 aromatic rings. The van der Waals surface area contributed by atoms with E-state index in [-0.39, 0.29) is 12.0 Å². The van der Waals surface area contributed by atoms with Gasteiger partial charge in [-0.25, -0.2) is 0 Å². The van der Waals surface area contributed by atoms with Gasteiger partial charge >= 0.3 is 0 Å². The Kier molecular flexibility index (Phi) is 26.1. The molecule has 0 spiro atoms. The Morgan fingerprint density at radius 1 is 1.14 bits per heavy atom. The molecular formula is C10H21Cl2NO. The van der Waals surface area contributed by atoms with Crippen LogP contribution in [0, 0.1) is 0 Å². The summed E-state index contributed by atoms with van der Waals surface area (Å²) in [6.45, 7) is 7.10. The monoisotopic (exact) mass is 241 g/mol. The first-order valence-corrected chi connectivity index (χ1v) is 5.31. The van der Waals surface area contributed by atoms with E-state index in [1.165, 1.54) is 0 Å². The number of rotatable bonds is 6. The van der Waals surface area contributed by atoms with Crippen LogP contribution >= 0.6 is 23.2 Å². The van der Waals surface area contributed by atoms with E-state index in [0.29, 0.717) is 12.3 Å². The van der Waals surface area contributed by atoms with Crippen LogP contribution in [0.1, 0.15) is 19.3 Å². The zero-order valence-corrected chi connectivity index (χ0v) is 10.1. The quantitative estimate of drug-likeness (QED) is 0.425. The predicted molar refractivity (Wildman–Crippen MR) is 66.7 cm³/mol. The second kappa shape index (κ2) is 18.7. The van der Waals surface area contributed by atoms with Gasteiger partial charge in [0.15, 0.2) is 0 Å². The van der Waals surface area contributed by atoms with Crippen LogP contribution in [0.5, 0.6) is 0 Å². The van der Waals surface area contributed by atoms with Crippen LogP contribution in [-0.2, 0) is 0 Å². The third-order valence-electron chi connectivity index (χ3n) is 1.20. The van der Waals surface area contributed by atoms with Crippen LogP contribution in [0.3, 0.4) is 0 Å². The van der Waals surface area contributed by atoms with Crippen molar-refractivity contribution in [1.82, 2.24) is 6.15 Å². The predicted octanol–water partition coefficient (Wildman–Crippen LogP) is 3.52. The van der Waals surface area contributed by atoms with Crippen molar-refractivity contribution in [2.75, 3.05) is 11.8 Å². The fourth-order valence-electron chi connectivity index (χ4n) is 0.439. The standard InChI is InChI=1S/C6H10.C4H8Cl2O.H3N/c1-3-5-6-4-2;5-2-1-4(7)3-6;/h3-4H,1-2,5-6H2;4,7H,1-3H2;1H3. The fraction of sp³-hybridized carbons (Fsp3) is 0.600. The van der Waals surface area contributed by atoms with E-state index in [9.17, 15) is 0 Å². The molecule has 0 fully saturated rings. The van der Waals surface area contributed by atoms with Crippen molar-refractivity contribution in [3.63, 3.8) is 0 Å². The number of aliphatic hydroxyl groups is 1. The molecule has 0 saturated heterocycles. The summed E-state index contributed by atoms with van der Waals surface area (Å²) in [6.07, 6.45) is 6.07. The molecule has 0 aromatic carbocycles. The molecule has 1 atom stereocenters. The van der Waals surface area contributed by atoms with Gasteiger partial charge in [-0.3, -0.25) is 0 Å². The van der Waals surface area contributed by atoms with Gasteiger partial charge in [0.25, 0.3) is 0 Å². The van der Waals surface area contributed by atoms with Crippen molar-refractivity contribution >= 4 is 23.2 Å². The average Bonchev–Trinajstić information content (AvgIpc) is 2.16. The SMILES string of the molecule is C=CCCC=C.N.OC(CCl)CCCl. The van der Waals surface area contributed by atoms with Crippen LogP contribution < -0.4 is 6.15 Å². The van der Waals surface area contributed by atoms with Crippen LogP contribution in [0.4, 0.5) is 0 Å². The van der Waals surface area contributed by atoms with E-state index >= 15 is 0 Å². The Hall–Kier alpha value is -0.0200. The molecule has 0 aliphatic heterocycles. The fourth-order valence-corrected chi connectivity index (χ4v) is 0.845. The van der Waals surface area contributed by atoms with Crippen molar-refractivity contribution in [2.45, 2.75) is 25.4 Å². The van der Waals surface area contributed by atoms with Crippen molar-refractivity contribution in [2.24, 2.45) is 0 Å². The highest BCUT2D eigenvalue weighted by Gasteiger charge is 1.97. The van der Waals surface area contributed by atoms with Crippen molar-refractivity contribution < 1.29 is 5.11 Å². The molecule has 1 unspecified atom stereocenters. The molecule has 0 radical (unpaired) electrons. The highest BCUT2D eigenvalue weighted by Crippen LogP contribution is 1.94. The van der Waals surface area contributed by atoms with Gasteiger partial charge in [-0.2, -0.15) is 0 Å². The first kappa shape index (κ1) is 19.5. The number of allylic oxidation sites excluding steroid dienone is 2. The van der Waals surface area contributed by atoms with Gasteiger partial charge in [-0.05, 0) is 19.3 Å². The zero-order valence-electron chi connectivity index (χ0n) is 8.59. The lowest BCUT2D eigenvalue weighted by Gasteiger charge is -1.99. The van der Waals surface area contributed by atoms with E-state index in [0.717, 1.165) is 12.8 Å². The molecule has 0 rings (SSSR count). The number of aliphatic hydroxyl groups excluding tert-OH is 1. The molecular weight excluding hydrogens is 221 g/mol. The maximum absolute atomic E-state index is 8.64. The third-order valence-corrected chi connectivity index (χ3v) is 1.77. The van der Waals surface area contributed by atoms with Crippen LogP contribution in [0.2, 0.25) is 0 Å². The minimum absolute atomic E-state index is 0. The Labute approximate surface area is 97.2 Å². The number of halogens is 2. The van der Waals surface area contributed by atoms with Crippen molar-refractivity contribution in [3.05, 3.63) is 25.3 Å². The highest BCUT2D eigenvalue weighted by atomic mass is 35.5. The molecule has 0 bridgehead atoms. The summed E-state index contributed by atoms with van der Waals surface area (Å²) in [5, 5.41) is 8.64. The second-order valence-corrected chi connectivity index (χ2v) is 3.13. The molecule has 4 N–H and O–H groups in total. The summed E-state index contributed by atoms with van der Waals surface area (Å²) in [5.41, 5.74) is 0. The summed E-state index contributed by atoms with van der Waals surface area (Å²) in [4.78, 5) is 0. The number of alkyl halides is 2. The smallest absolute Gasteiger partial charge is 0.0686 e. The zero-order chi connectivity index (χ0) is 10.5. The lowest BCUT2D eigenvalue weighted by Crippen LogP contribution is -2.07. The van der Waals surface area contributed by atoms with Gasteiger partial charge in [-0.1, -0.05) is 12.2 Å². The Morgan fingerprint density at radius 3 is 1.71 bits per heavy atom. The van der Waals surface area contributed by atoms with Crippen LogP contribution in [-0.4, -0.2) is 23.0 Å². The Balaban J connectivity index is -0.000000163. The molecule has 0 saturated carbocycles. The Bertz CT molecular complexity index is 113. The summed E-state index contributed by atoms with van der Waals surface area (Å²) in [5.74, 6) is 0.764. The highest BCUT2D eigenvalue weighted by molar-refractivity contribution is 6.19. The van der Waals surface area contributed by atoms with Gasteiger partial charge in [0.1, 0.15) is 0 Å². The van der Waals surface area contributed by atoms with Gasteiger partial charge in [0.2, 0.25) is 0 Å². The Morgan fingerprint density at radius 2 is 1.57 bits per heavy atom. The number of hydrogen-bond acceptors (Lipinski definition) is 2. The minimum Gasteiger partial charge on any atom is -0.392 e. The molecule has 4 heteroatoms. The maximum atomic E-state index is 8.64. The summed E-state index contributed by atoms with van der Waals surface area (Å²) in [7, 11) is 0. The topological polar surface area (TPSA) is 55.2 Å². The van der Waals surface area contributed by atoms with E-state index < -0.39 is 6.10 Å². The molecule has 0 aliphatic carbocycles. The van der Waals surface area contributed by atoms with Crippen LogP contribution in [0.25, 0.3) is 0 Å². The molecule has 0 aromatic heterocycles. The molecule has 2 nitrogen and oxygen atoms in total. The minimum atomic E-state index is -0.417. The lowest BCUT2D eigenvalue weighted by molar-refractivity contribution is 0.195. The summed E-state index contributed by atoms with van der Waals surface area (Å²) in [6, 6.07) is 0. The van der Waals surface area contributed by atoms with Gasteiger partial charge < -0.3 is 11.3 Å². The summed E-state index contributed by atoms with van der Waals surface area (Å²) < 4.78 is 0. The van der Waals surface area contributed by atoms with E-state index in [4.69, 9.17) is 28.3 Å². The number of hydrogen-bond donors (Lipinski definition) is 2. The van der Waals surface area contributed by atoms with E-state index in [1.54, 1.807) is 0 Å². The normalized spacial score (nSPS) is 10.2. The molecule has 0 amide bonds. The average molecular weight is 242 g/mol. The second-order valence-electron chi connectivity index (χ2n) is 2.44. The molecule has 0 heterocycles. The van der Waals surface area contributed by atoms with E-state index in [2.05, 4.69) is 13.2 Å². The van der Waals surface area contributed by atoms with Crippen LogP contribution in [0.15, 0.2) is 25.3 Å². The largest absolute Gasteiger partial charge is 0.392 e. The maximum Gasteiger partial charge on any atom is 0.0686 e. The van der Waals surface area contributed by atoms with Crippen molar-refractivity contribution in [1.29, 1.82) is 0 Å². The first-order chi connectivity index (χ1) is 6.22. The van der Waals surface area contributed by atoms with Gasteiger partial charge in [0, 0.05) is 11.8 Å². The molecule has 14 heavy (non-hydrogen) atoms.